The van der Waals surface area contributed by atoms with E-state index in [2.05, 4.69) is 30.8 Å². The molecule has 3 rings (SSSR count). The van der Waals surface area contributed by atoms with Crippen molar-refractivity contribution in [2.24, 2.45) is 0 Å². The molecule has 4 nitrogen and oxygen atoms in total. The summed E-state index contributed by atoms with van der Waals surface area (Å²) < 4.78 is 4.90. The number of para-hydroxylation sites is 1. The van der Waals surface area contributed by atoms with E-state index in [1.807, 2.05) is 55.5 Å². The van der Waals surface area contributed by atoms with Crippen LogP contribution in [-0.2, 0) is 0 Å². The molecular formula is C16H12BrN3OS. The van der Waals surface area contributed by atoms with Crippen LogP contribution in [0.3, 0.4) is 0 Å². The summed E-state index contributed by atoms with van der Waals surface area (Å²) >= 11 is 4.49. The van der Waals surface area contributed by atoms with Crippen molar-refractivity contribution in [3.8, 4) is 11.3 Å². The van der Waals surface area contributed by atoms with Gasteiger partial charge in [0.25, 0.3) is 5.91 Å². The molecule has 0 aliphatic carbocycles. The average molecular weight is 374 g/mol. The van der Waals surface area contributed by atoms with Crippen LogP contribution in [0, 0.1) is 6.92 Å². The SMILES string of the molecule is Cc1ccccc1NC(=O)c1snnc1-c1ccc(Br)cc1. The van der Waals surface area contributed by atoms with Crippen molar-refractivity contribution in [2.45, 2.75) is 6.92 Å². The highest BCUT2D eigenvalue weighted by Gasteiger charge is 2.18. The number of hydrogen-bond acceptors (Lipinski definition) is 4. The zero-order chi connectivity index (χ0) is 15.5. The number of nitrogens with one attached hydrogen (secondary N) is 1. The Hall–Kier alpha value is -2.05. The summed E-state index contributed by atoms with van der Waals surface area (Å²) in [6.07, 6.45) is 0. The zero-order valence-corrected chi connectivity index (χ0v) is 14.1. The van der Waals surface area contributed by atoms with Crippen LogP contribution >= 0.6 is 27.5 Å². The Morgan fingerprint density at radius 1 is 1.14 bits per heavy atom. The number of hydrogen-bond donors (Lipinski definition) is 1. The lowest BCUT2D eigenvalue weighted by atomic mass is 10.1. The highest BCUT2D eigenvalue weighted by Crippen LogP contribution is 2.26. The molecule has 0 unspecified atom stereocenters. The summed E-state index contributed by atoms with van der Waals surface area (Å²) in [5.74, 6) is -0.192. The van der Waals surface area contributed by atoms with Crippen molar-refractivity contribution in [1.29, 1.82) is 0 Å². The molecule has 6 heteroatoms. The molecule has 1 amide bonds. The smallest absolute Gasteiger partial charge is 0.269 e. The van der Waals surface area contributed by atoms with Gasteiger partial charge in [-0.1, -0.05) is 50.8 Å². The van der Waals surface area contributed by atoms with Gasteiger partial charge < -0.3 is 5.32 Å². The maximum absolute atomic E-state index is 12.5. The van der Waals surface area contributed by atoms with Gasteiger partial charge >= 0.3 is 0 Å². The molecular weight excluding hydrogens is 362 g/mol. The van der Waals surface area contributed by atoms with Crippen molar-refractivity contribution in [1.82, 2.24) is 9.59 Å². The molecule has 0 aliphatic heterocycles. The highest BCUT2D eigenvalue weighted by molar-refractivity contribution is 9.10. The van der Waals surface area contributed by atoms with Gasteiger partial charge in [0, 0.05) is 15.7 Å². The average Bonchev–Trinajstić information content (AvgIpc) is 3.00. The Kier molecular flexibility index (Phi) is 4.31. The molecule has 22 heavy (non-hydrogen) atoms. The van der Waals surface area contributed by atoms with E-state index in [1.54, 1.807) is 0 Å². The number of carbonyl (C=O) groups is 1. The molecule has 0 atom stereocenters. The molecule has 1 N–H and O–H groups in total. The van der Waals surface area contributed by atoms with Crippen LogP contribution in [0.5, 0.6) is 0 Å². The van der Waals surface area contributed by atoms with E-state index in [0.717, 1.165) is 32.8 Å². The van der Waals surface area contributed by atoms with Crippen LogP contribution < -0.4 is 5.32 Å². The van der Waals surface area contributed by atoms with Gasteiger partial charge in [-0.15, -0.1) is 5.10 Å². The molecule has 3 aromatic rings. The summed E-state index contributed by atoms with van der Waals surface area (Å²) in [6.45, 7) is 1.95. The van der Waals surface area contributed by atoms with Crippen LogP contribution in [-0.4, -0.2) is 15.5 Å². The minimum atomic E-state index is -0.192. The number of benzene rings is 2. The van der Waals surface area contributed by atoms with Gasteiger partial charge in [-0.2, -0.15) is 0 Å². The number of aryl methyl sites for hydroxylation is 1. The number of anilines is 1. The van der Waals surface area contributed by atoms with Crippen molar-refractivity contribution in [2.75, 3.05) is 5.32 Å². The van der Waals surface area contributed by atoms with Crippen molar-refractivity contribution < 1.29 is 4.79 Å². The van der Waals surface area contributed by atoms with Gasteiger partial charge in [-0.05, 0) is 42.2 Å². The number of carbonyl (C=O) groups excluding carboxylic acids is 1. The third-order valence-electron chi connectivity index (χ3n) is 3.21. The molecule has 0 bridgehead atoms. The minimum absolute atomic E-state index is 0.192. The summed E-state index contributed by atoms with van der Waals surface area (Å²) in [7, 11) is 0. The normalized spacial score (nSPS) is 10.5. The number of rotatable bonds is 3. The first kappa shape index (κ1) is 14.9. The predicted molar refractivity (Wildman–Crippen MR) is 92.2 cm³/mol. The van der Waals surface area contributed by atoms with Gasteiger partial charge in [0.2, 0.25) is 0 Å². The topological polar surface area (TPSA) is 54.9 Å². The molecule has 0 spiro atoms. The number of aromatic nitrogens is 2. The lowest BCUT2D eigenvalue weighted by Gasteiger charge is -2.07. The lowest BCUT2D eigenvalue weighted by molar-refractivity contribution is 0.103. The first-order chi connectivity index (χ1) is 10.6. The predicted octanol–water partition coefficient (Wildman–Crippen LogP) is 4.53. The third-order valence-corrected chi connectivity index (χ3v) is 4.46. The van der Waals surface area contributed by atoms with E-state index in [-0.39, 0.29) is 5.91 Å². The number of amides is 1. The molecule has 1 aromatic heterocycles. The lowest BCUT2D eigenvalue weighted by Crippen LogP contribution is -2.12. The van der Waals surface area contributed by atoms with Gasteiger partial charge in [0.1, 0.15) is 10.6 Å². The Balaban J connectivity index is 1.90. The van der Waals surface area contributed by atoms with Crippen molar-refractivity contribution in [3.63, 3.8) is 0 Å². The summed E-state index contributed by atoms with van der Waals surface area (Å²) in [5.41, 5.74) is 3.27. The van der Waals surface area contributed by atoms with Crippen molar-refractivity contribution in [3.05, 3.63) is 63.4 Å². The second kappa shape index (κ2) is 6.37. The second-order valence-corrected chi connectivity index (χ2v) is 6.40. The Bertz CT molecular complexity index is 814. The fraction of sp³-hybridized carbons (Fsp3) is 0.0625. The quantitative estimate of drug-likeness (QED) is 0.733. The standard InChI is InChI=1S/C16H12BrN3OS/c1-10-4-2-3-5-13(10)18-16(21)15-14(19-20-22-15)11-6-8-12(17)9-7-11/h2-9H,1H3,(H,18,21). The number of nitrogens with zero attached hydrogens (tertiary/aromatic N) is 2. The molecule has 110 valence electrons. The van der Waals surface area contributed by atoms with Crippen LogP contribution in [0.25, 0.3) is 11.3 Å². The summed E-state index contributed by atoms with van der Waals surface area (Å²) in [4.78, 5) is 13.0. The molecule has 2 aromatic carbocycles. The highest BCUT2D eigenvalue weighted by atomic mass is 79.9. The largest absolute Gasteiger partial charge is 0.321 e. The van der Waals surface area contributed by atoms with Gasteiger partial charge in [0.15, 0.2) is 0 Å². The molecule has 0 saturated carbocycles. The van der Waals surface area contributed by atoms with E-state index in [1.165, 1.54) is 0 Å². The van der Waals surface area contributed by atoms with Crippen LogP contribution in [0.2, 0.25) is 0 Å². The van der Waals surface area contributed by atoms with Gasteiger partial charge in [-0.3, -0.25) is 4.79 Å². The first-order valence-electron chi connectivity index (χ1n) is 6.60. The molecule has 1 heterocycles. The molecule has 0 saturated heterocycles. The van der Waals surface area contributed by atoms with Crippen LogP contribution in [0.4, 0.5) is 5.69 Å². The first-order valence-corrected chi connectivity index (χ1v) is 8.17. The van der Waals surface area contributed by atoms with E-state index in [4.69, 9.17) is 0 Å². The van der Waals surface area contributed by atoms with E-state index < -0.39 is 0 Å². The van der Waals surface area contributed by atoms with E-state index in [0.29, 0.717) is 10.6 Å². The van der Waals surface area contributed by atoms with Crippen molar-refractivity contribution >= 4 is 39.1 Å². The third kappa shape index (κ3) is 3.08. The number of halogens is 1. The molecule has 0 radical (unpaired) electrons. The summed E-state index contributed by atoms with van der Waals surface area (Å²) in [6, 6.07) is 15.3. The van der Waals surface area contributed by atoms with Crippen LogP contribution in [0.15, 0.2) is 53.0 Å². The van der Waals surface area contributed by atoms with Gasteiger partial charge in [-0.25, -0.2) is 0 Å². The maximum atomic E-state index is 12.5. The monoisotopic (exact) mass is 373 g/mol. The van der Waals surface area contributed by atoms with Crippen LogP contribution in [0.1, 0.15) is 15.2 Å². The fourth-order valence-corrected chi connectivity index (χ4v) is 2.88. The Morgan fingerprint density at radius 3 is 2.59 bits per heavy atom. The fourth-order valence-electron chi connectivity index (χ4n) is 2.03. The second-order valence-electron chi connectivity index (χ2n) is 4.73. The minimum Gasteiger partial charge on any atom is -0.321 e. The van der Waals surface area contributed by atoms with Gasteiger partial charge in [0.05, 0.1) is 0 Å². The molecule has 0 aliphatic rings. The van der Waals surface area contributed by atoms with E-state index in [9.17, 15) is 4.79 Å². The summed E-state index contributed by atoms with van der Waals surface area (Å²) in [5, 5.41) is 7.01. The maximum Gasteiger partial charge on any atom is 0.269 e. The Morgan fingerprint density at radius 2 is 1.86 bits per heavy atom. The molecule has 0 fully saturated rings. The Labute approximate surface area is 140 Å². The zero-order valence-electron chi connectivity index (χ0n) is 11.7. The van der Waals surface area contributed by atoms with E-state index >= 15 is 0 Å².